The van der Waals surface area contributed by atoms with Gasteiger partial charge >= 0.3 is 6.03 Å². The molecular weight excluding hydrogens is 312 g/mol. The molecule has 5 nitrogen and oxygen atoms in total. The summed E-state index contributed by atoms with van der Waals surface area (Å²) in [4.78, 5) is 14.2. The van der Waals surface area contributed by atoms with Gasteiger partial charge in [-0.1, -0.05) is 0 Å². The highest BCUT2D eigenvalue weighted by molar-refractivity contribution is 8.00. The van der Waals surface area contributed by atoms with E-state index >= 15 is 0 Å². The number of hydrogen-bond acceptors (Lipinski definition) is 4. The third-order valence-electron chi connectivity index (χ3n) is 5.03. The molecule has 2 amide bonds. The van der Waals surface area contributed by atoms with Gasteiger partial charge in [0.25, 0.3) is 0 Å². The summed E-state index contributed by atoms with van der Waals surface area (Å²) in [5.74, 6) is 1.24. The molecule has 1 N–H and O–H groups in total. The summed E-state index contributed by atoms with van der Waals surface area (Å²) < 4.78 is 11.7. The van der Waals surface area contributed by atoms with Gasteiger partial charge in [-0.3, -0.25) is 0 Å². The first-order chi connectivity index (χ1) is 11.3. The lowest BCUT2D eigenvalue weighted by atomic mass is 10.1. The van der Waals surface area contributed by atoms with Crippen LogP contribution in [0.15, 0.2) is 0 Å². The first-order valence-corrected chi connectivity index (χ1v) is 10.2. The molecule has 0 radical (unpaired) electrons. The van der Waals surface area contributed by atoms with Crippen LogP contribution in [0.4, 0.5) is 4.79 Å². The Balaban J connectivity index is 1.29. The lowest BCUT2D eigenvalue weighted by Crippen LogP contribution is -2.47. The topological polar surface area (TPSA) is 50.8 Å². The molecule has 0 bridgehead atoms. The third kappa shape index (κ3) is 5.54. The molecule has 3 fully saturated rings. The molecule has 0 aromatic rings. The summed E-state index contributed by atoms with van der Waals surface area (Å²) >= 11 is 1.99. The van der Waals surface area contributed by atoms with Gasteiger partial charge in [-0.25, -0.2) is 4.79 Å². The first kappa shape index (κ1) is 17.4. The van der Waals surface area contributed by atoms with E-state index in [1.807, 2.05) is 16.7 Å². The fourth-order valence-corrected chi connectivity index (χ4v) is 4.73. The smallest absolute Gasteiger partial charge is 0.317 e. The number of nitrogens with one attached hydrogen (secondary N) is 1. The molecule has 3 rings (SSSR count). The predicted octanol–water partition coefficient (Wildman–Crippen LogP) is 2.64. The minimum Gasteiger partial charge on any atom is -0.376 e. The van der Waals surface area contributed by atoms with Gasteiger partial charge in [0.15, 0.2) is 0 Å². The van der Waals surface area contributed by atoms with Crippen molar-refractivity contribution < 1.29 is 14.3 Å². The summed E-state index contributed by atoms with van der Waals surface area (Å²) in [5, 5.41) is 3.72. The Bertz CT molecular complexity index is 363. The van der Waals surface area contributed by atoms with E-state index in [2.05, 4.69) is 5.32 Å². The molecule has 0 aromatic carbocycles. The van der Waals surface area contributed by atoms with Gasteiger partial charge < -0.3 is 19.7 Å². The van der Waals surface area contributed by atoms with E-state index in [0.717, 1.165) is 52.1 Å². The molecule has 3 saturated heterocycles. The summed E-state index contributed by atoms with van der Waals surface area (Å²) in [6.07, 6.45) is 8.55. The number of rotatable bonds is 5. The van der Waals surface area contributed by atoms with E-state index in [1.165, 1.54) is 31.4 Å². The molecule has 3 aliphatic heterocycles. The minimum atomic E-state index is 0.103. The summed E-state index contributed by atoms with van der Waals surface area (Å²) in [6.45, 7) is 4.03. The van der Waals surface area contributed by atoms with Crippen molar-refractivity contribution in [2.45, 2.75) is 62.4 Å². The van der Waals surface area contributed by atoms with Crippen molar-refractivity contribution in [3.63, 3.8) is 0 Å². The van der Waals surface area contributed by atoms with E-state index in [1.54, 1.807) is 0 Å². The molecule has 2 atom stereocenters. The number of hydrogen-bond donors (Lipinski definition) is 1. The van der Waals surface area contributed by atoms with Crippen molar-refractivity contribution >= 4 is 17.8 Å². The number of carbonyl (C=O) groups is 1. The van der Waals surface area contributed by atoms with Crippen LogP contribution in [0, 0.1) is 0 Å². The molecule has 0 spiro atoms. The Morgan fingerprint density at radius 2 is 2.04 bits per heavy atom. The summed E-state index contributed by atoms with van der Waals surface area (Å²) in [7, 11) is 0. The monoisotopic (exact) mass is 342 g/mol. The number of carbonyl (C=O) groups excluding carboxylic acids is 1. The largest absolute Gasteiger partial charge is 0.376 e. The highest BCUT2D eigenvalue weighted by Crippen LogP contribution is 2.25. The van der Waals surface area contributed by atoms with Crippen LogP contribution >= 0.6 is 11.8 Å². The zero-order valence-electron chi connectivity index (χ0n) is 14.0. The van der Waals surface area contributed by atoms with Crippen LogP contribution in [-0.2, 0) is 9.47 Å². The Morgan fingerprint density at radius 1 is 1.17 bits per heavy atom. The van der Waals surface area contributed by atoms with Crippen LogP contribution in [0.2, 0.25) is 0 Å². The maximum atomic E-state index is 12.2. The van der Waals surface area contributed by atoms with Crippen LogP contribution in [0.1, 0.15) is 44.9 Å². The van der Waals surface area contributed by atoms with Crippen molar-refractivity contribution in [2.24, 2.45) is 0 Å². The number of piperidine rings is 1. The third-order valence-corrected chi connectivity index (χ3v) is 6.42. The van der Waals surface area contributed by atoms with Crippen molar-refractivity contribution in [1.82, 2.24) is 10.2 Å². The van der Waals surface area contributed by atoms with Crippen molar-refractivity contribution in [3.05, 3.63) is 0 Å². The molecule has 0 aliphatic carbocycles. The standard InChI is InChI=1S/C17H30N2O3S/c20-17(18-12-16-5-3-11-23-16)19-8-6-14(7-9-19)22-13-15-4-1-2-10-21-15/h14-16H,1-13H2,(H,18,20). The number of nitrogens with zero attached hydrogens (tertiary/aromatic N) is 1. The molecule has 3 aliphatic rings. The van der Waals surface area contributed by atoms with Crippen LogP contribution in [0.5, 0.6) is 0 Å². The van der Waals surface area contributed by atoms with E-state index in [0.29, 0.717) is 5.25 Å². The van der Waals surface area contributed by atoms with Gasteiger partial charge in [-0.2, -0.15) is 11.8 Å². The Morgan fingerprint density at radius 3 is 2.74 bits per heavy atom. The molecule has 3 heterocycles. The average molecular weight is 343 g/mol. The second-order valence-corrected chi connectivity index (χ2v) is 8.24. The van der Waals surface area contributed by atoms with Crippen molar-refractivity contribution in [1.29, 1.82) is 0 Å². The molecule has 2 unspecified atom stereocenters. The Hall–Kier alpha value is -0.460. The van der Waals surface area contributed by atoms with Crippen LogP contribution in [0.25, 0.3) is 0 Å². The van der Waals surface area contributed by atoms with E-state index < -0.39 is 0 Å². The Kier molecular flexibility index (Phi) is 6.90. The number of ether oxygens (including phenoxy) is 2. The van der Waals surface area contributed by atoms with Gasteiger partial charge in [0.2, 0.25) is 0 Å². The van der Waals surface area contributed by atoms with Gasteiger partial charge in [0, 0.05) is 31.5 Å². The van der Waals surface area contributed by atoms with Gasteiger partial charge in [-0.15, -0.1) is 0 Å². The maximum Gasteiger partial charge on any atom is 0.317 e. The highest BCUT2D eigenvalue weighted by Gasteiger charge is 2.25. The number of likely N-dealkylation sites (tertiary alicyclic amines) is 1. The second kappa shape index (κ2) is 9.14. The molecule has 6 heteroatoms. The lowest BCUT2D eigenvalue weighted by Gasteiger charge is -2.33. The average Bonchev–Trinajstić information content (AvgIpc) is 3.13. The van der Waals surface area contributed by atoms with Crippen LogP contribution in [0.3, 0.4) is 0 Å². The zero-order valence-corrected chi connectivity index (χ0v) is 14.8. The zero-order chi connectivity index (χ0) is 15.9. The van der Waals surface area contributed by atoms with E-state index in [9.17, 15) is 4.79 Å². The fourth-order valence-electron chi connectivity index (χ4n) is 3.53. The number of thioether (sulfide) groups is 1. The molecule has 132 valence electrons. The number of amides is 2. The maximum absolute atomic E-state index is 12.2. The first-order valence-electron chi connectivity index (χ1n) is 9.19. The minimum absolute atomic E-state index is 0.103. The summed E-state index contributed by atoms with van der Waals surface area (Å²) in [5.41, 5.74) is 0. The van der Waals surface area contributed by atoms with Crippen LogP contribution < -0.4 is 5.32 Å². The van der Waals surface area contributed by atoms with E-state index in [-0.39, 0.29) is 18.2 Å². The lowest BCUT2D eigenvalue weighted by molar-refractivity contribution is -0.0728. The van der Waals surface area contributed by atoms with Gasteiger partial charge in [0.1, 0.15) is 0 Å². The van der Waals surface area contributed by atoms with Gasteiger partial charge in [0.05, 0.1) is 18.8 Å². The predicted molar refractivity (Wildman–Crippen MR) is 93.0 cm³/mol. The molecule has 0 saturated carbocycles. The van der Waals surface area contributed by atoms with Gasteiger partial charge in [-0.05, 0) is 50.7 Å². The molecule has 23 heavy (non-hydrogen) atoms. The molecule has 0 aromatic heterocycles. The van der Waals surface area contributed by atoms with Crippen molar-refractivity contribution in [2.75, 3.05) is 38.6 Å². The van der Waals surface area contributed by atoms with E-state index in [4.69, 9.17) is 9.47 Å². The number of urea groups is 1. The normalized spacial score (nSPS) is 29.7. The second-order valence-electron chi connectivity index (χ2n) is 6.83. The molecular formula is C17H30N2O3S. The quantitative estimate of drug-likeness (QED) is 0.834. The SMILES string of the molecule is O=C(NCC1CCCS1)N1CCC(OCC2CCCCO2)CC1. The van der Waals surface area contributed by atoms with Crippen molar-refractivity contribution in [3.8, 4) is 0 Å². The Labute approximate surface area is 143 Å². The van der Waals surface area contributed by atoms with Crippen LogP contribution in [-0.4, -0.2) is 67.0 Å². The fraction of sp³-hybridized carbons (Fsp3) is 0.941. The highest BCUT2D eigenvalue weighted by atomic mass is 32.2. The summed E-state index contributed by atoms with van der Waals surface area (Å²) in [6, 6.07) is 0.103.